The van der Waals surface area contributed by atoms with E-state index < -0.39 is 11.0 Å². The van der Waals surface area contributed by atoms with Crippen molar-refractivity contribution in [1.29, 1.82) is 0 Å². The van der Waals surface area contributed by atoms with E-state index in [0.717, 1.165) is 5.56 Å². The second-order valence-electron chi connectivity index (χ2n) is 4.59. The zero-order valence-electron chi connectivity index (χ0n) is 12.3. The molecule has 0 aliphatic heterocycles. The van der Waals surface area contributed by atoms with Crippen molar-refractivity contribution < 1.29 is 19.2 Å². The first kappa shape index (κ1) is 16.3. The first-order chi connectivity index (χ1) is 11.1. The second kappa shape index (κ2) is 8.38. The molecular formula is C16H16N2O5. The second-order valence-corrected chi connectivity index (χ2v) is 4.59. The molecule has 0 saturated carbocycles. The highest BCUT2D eigenvalue weighted by Gasteiger charge is 2.05. The van der Waals surface area contributed by atoms with E-state index in [1.165, 1.54) is 24.3 Å². The normalized spacial score (nSPS) is 9.91. The van der Waals surface area contributed by atoms with Crippen LogP contribution >= 0.6 is 0 Å². The third kappa shape index (κ3) is 5.66. The first-order valence-corrected chi connectivity index (χ1v) is 6.97. The average molecular weight is 316 g/mol. The van der Waals surface area contributed by atoms with Crippen molar-refractivity contribution in [3.8, 4) is 5.75 Å². The van der Waals surface area contributed by atoms with Crippen LogP contribution in [0.3, 0.4) is 0 Å². The number of nitrogens with one attached hydrogen (secondary N) is 1. The van der Waals surface area contributed by atoms with Crippen LogP contribution in [0.1, 0.15) is 5.56 Å². The summed E-state index contributed by atoms with van der Waals surface area (Å²) in [6, 6.07) is 15.1. The summed E-state index contributed by atoms with van der Waals surface area (Å²) in [5.41, 5.74) is 0.907. The third-order valence-electron chi connectivity index (χ3n) is 2.90. The minimum atomic E-state index is -0.527. The predicted octanol–water partition coefficient (Wildman–Crippen LogP) is 2.90. The predicted molar refractivity (Wildman–Crippen MR) is 83.2 cm³/mol. The number of hydrogen-bond donors (Lipinski definition) is 1. The van der Waals surface area contributed by atoms with Gasteiger partial charge in [0.05, 0.1) is 11.5 Å². The summed E-state index contributed by atoms with van der Waals surface area (Å²) in [6.45, 7) is 0.707. The average Bonchev–Trinajstić information content (AvgIpc) is 2.58. The topological polar surface area (TPSA) is 90.7 Å². The fourth-order valence-electron chi connectivity index (χ4n) is 1.76. The summed E-state index contributed by atoms with van der Waals surface area (Å²) in [5, 5.41) is 13.1. The van der Waals surface area contributed by atoms with Crippen molar-refractivity contribution in [3.05, 3.63) is 70.3 Å². The van der Waals surface area contributed by atoms with Crippen LogP contribution in [0.5, 0.6) is 5.75 Å². The van der Waals surface area contributed by atoms with Crippen molar-refractivity contribution in [2.24, 2.45) is 0 Å². The fraction of sp³-hybridized carbons (Fsp3) is 0.188. The lowest BCUT2D eigenvalue weighted by Gasteiger charge is -2.08. The highest BCUT2D eigenvalue weighted by Crippen LogP contribution is 2.16. The summed E-state index contributed by atoms with van der Waals surface area (Å²) in [6.07, 6.45) is -0.527. The van der Waals surface area contributed by atoms with Crippen molar-refractivity contribution in [1.82, 2.24) is 5.32 Å². The van der Waals surface area contributed by atoms with Gasteiger partial charge in [-0.1, -0.05) is 30.3 Å². The Morgan fingerprint density at radius 3 is 2.43 bits per heavy atom. The Hall–Kier alpha value is -3.09. The standard InChI is InChI=1S/C16H16N2O5/c19-16(23-12-13-4-2-1-3-5-13)17-10-11-22-15-8-6-14(7-9-15)18(20)21/h1-9H,10-12H2,(H,17,19). The Morgan fingerprint density at radius 1 is 1.09 bits per heavy atom. The van der Waals surface area contributed by atoms with Crippen molar-refractivity contribution in [2.75, 3.05) is 13.2 Å². The molecule has 0 heterocycles. The molecule has 0 bridgehead atoms. The number of carbonyl (C=O) groups is 1. The molecule has 23 heavy (non-hydrogen) atoms. The number of benzene rings is 2. The first-order valence-electron chi connectivity index (χ1n) is 6.97. The van der Waals surface area contributed by atoms with Crippen molar-refractivity contribution >= 4 is 11.8 Å². The van der Waals surface area contributed by atoms with Gasteiger partial charge in [0, 0.05) is 12.1 Å². The Morgan fingerprint density at radius 2 is 1.78 bits per heavy atom. The number of alkyl carbamates (subject to hydrolysis) is 1. The molecule has 2 rings (SSSR count). The lowest BCUT2D eigenvalue weighted by Crippen LogP contribution is -2.28. The quantitative estimate of drug-likeness (QED) is 0.482. The van der Waals surface area contributed by atoms with E-state index in [4.69, 9.17) is 9.47 Å². The minimum absolute atomic E-state index is 0.0000326. The van der Waals surface area contributed by atoms with Gasteiger partial charge in [0.25, 0.3) is 5.69 Å². The van der Waals surface area contributed by atoms with Crippen LogP contribution in [0.4, 0.5) is 10.5 Å². The van der Waals surface area contributed by atoms with E-state index in [2.05, 4.69) is 5.32 Å². The van der Waals surface area contributed by atoms with Gasteiger partial charge in [0.2, 0.25) is 0 Å². The third-order valence-corrected chi connectivity index (χ3v) is 2.90. The zero-order valence-corrected chi connectivity index (χ0v) is 12.3. The number of amides is 1. The smallest absolute Gasteiger partial charge is 0.407 e. The van der Waals surface area contributed by atoms with Gasteiger partial charge in [-0.15, -0.1) is 0 Å². The van der Waals surface area contributed by atoms with Gasteiger partial charge in [0.15, 0.2) is 0 Å². The summed E-state index contributed by atoms with van der Waals surface area (Å²) in [5.74, 6) is 0.495. The number of nitro groups is 1. The van der Waals surface area contributed by atoms with Crippen LogP contribution in [0, 0.1) is 10.1 Å². The maximum absolute atomic E-state index is 11.5. The molecule has 0 aromatic heterocycles. The Labute approximate surface area is 133 Å². The lowest BCUT2D eigenvalue weighted by atomic mass is 10.2. The van der Waals surface area contributed by atoms with E-state index in [0.29, 0.717) is 5.75 Å². The number of rotatable bonds is 7. The van der Waals surface area contributed by atoms with Crippen LogP contribution < -0.4 is 10.1 Å². The minimum Gasteiger partial charge on any atom is -0.492 e. The monoisotopic (exact) mass is 316 g/mol. The maximum atomic E-state index is 11.5. The van der Waals surface area contributed by atoms with Crippen LogP contribution in [-0.4, -0.2) is 24.2 Å². The molecule has 0 atom stereocenters. The van der Waals surface area contributed by atoms with Crippen LogP contribution in [0.15, 0.2) is 54.6 Å². The molecule has 1 N–H and O–H groups in total. The molecule has 0 aliphatic carbocycles. The van der Waals surface area contributed by atoms with Gasteiger partial charge in [-0.25, -0.2) is 4.79 Å². The van der Waals surface area contributed by atoms with Crippen LogP contribution in [0.25, 0.3) is 0 Å². The summed E-state index contributed by atoms with van der Waals surface area (Å²) in [4.78, 5) is 21.5. The van der Waals surface area contributed by atoms with Crippen LogP contribution in [0.2, 0.25) is 0 Å². The number of hydrogen-bond acceptors (Lipinski definition) is 5. The molecule has 0 radical (unpaired) electrons. The number of non-ortho nitro benzene ring substituents is 1. The summed E-state index contributed by atoms with van der Waals surface area (Å²) in [7, 11) is 0. The van der Waals surface area contributed by atoms with E-state index >= 15 is 0 Å². The largest absolute Gasteiger partial charge is 0.492 e. The molecule has 0 saturated heterocycles. The highest BCUT2D eigenvalue weighted by atomic mass is 16.6. The fourth-order valence-corrected chi connectivity index (χ4v) is 1.76. The molecule has 0 spiro atoms. The Kier molecular flexibility index (Phi) is 5.93. The maximum Gasteiger partial charge on any atom is 0.407 e. The highest BCUT2D eigenvalue weighted by molar-refractivity contribution is 5.67. The van der Waals surface area contributed by atoms with Crippen molar-refractivity contribution in [3.63, 3.8) is 0 Å². The number of carbonyl (C=O) groups excluding carboxylic acids is 1. The molecule has 120 valence electrons. The SMILES string of the molecule is O=C(NCCOc1ccc([N+](=O)[O-])cc1)OCc1ccccc1. The Balaban J connectivity index is 1.63. The molecule has 1 amide bonds. The summed E-state index contributed by atoms with van der Waals surface area (Å²) >= 11 is 0. The van der Waals surface area contributed by atoms with Gasteiger partial charge in [0.1, 0.15) is 19.0 Å². The lowest BCUT2D eigenvalue weighted by molar-refractivity contribution is -0.384. The van der Waals surface area contributed by atoms with Gasteiger partial charge in [-0.3, -0.25) is 10.1 Å². The van der Waals surface area contributed by atoms with Crippen LogP contribution in [-0.2, 0) is 11.3 Å². The van der Waals surface area contributed by atoms with E-state index in [1.807, 2.05) is 30.3 Å². The molecule has 2 aromatic carbocycles. The van der Waals surface area contributed by atoms with Gasteiger partial charge in [-0.05, 0) is 17.7 Å². The molecular weight excluding hydrogens is 300 g/mol. The molecule has 2 aromatic rings. The molecule has 7 heteroatoms. The Bertz CT molecular complexity index is 643. The molecule has 0 aliphatic rings. The number of nitrogens with zero attached hydrogens (tertiary/aromatic N) is 1. The van der Waals surface area contributed by atoms with Gasteiger partial charge in [-0.2, -0.15) is 0 Å². The number of nitro benzene ring substituents is 1. The van der Waals surface area contributed by atoms with Gasteiger partial charge >= 0.3 is 6.09 Å². The van der Waals surface area contributed by atoms with E-state index in [9.17, 15) is 14.9 Å². The molecule has 0 fully saturated rings. The van der Waals surface area contributed by atoms with Gasteiger partial charge < -0.3 is 14.8 Å². The number of ether oxygens (including phenoxy) is 2. The zero-order chi connectivity index (χ0) is 16.5. The summed E-state index contributed by atoms with van der Waals surface area (Å²) < 4.78 is 10.4. The molecule has 7 nitrogen and oxygen atoms in total. The van der Waals surface area contributed by atoms with E-state index in [1.54, 1.807) is 0 Å². The van der Waals surface area contributed by atoms with E-state index in [-0.39, 0.29) is 25.4 Å². The molecule has 0 unspecified atom stereocenters. The van der Waals surface area contributed by atoms with Crippen molar-refractivity contribution in [2.45, 2.75) is 6.61 Å².